The van der Waals surface area contributed by atoms with Crippen LogP contribution in [-0.4, -0.2) is 51.6 Å². The van der Waals surface area contributed by atoms with Crippen LogP contribution in [0.5, 0.6) is 5.88 Å². The summed E-state index contributed by atoms with van der Waals surface area (Å²) in [5.74, 6) is 1.71. The predicted octanol–water partition coefficient (Wildman–Crippen LogP) is 6.23. The molecular formula is C21H19BrClN3NaO2. The fourth-order valence-corrected chi connectivity index (χ4v) is 4.17. The SMILES string of the molecule is COc1nc(-c2ccccc2Cl)cc2nc(-c3cc(C(C)(C)C)c(Br)o3)[nH]c12.[Na]. The van der Waals surface area contributed by atoms with Gasteiger partial charge >= 0.3 is 0 Å². The van der Waals surface area contributed by atoms with E-state index in [9.17, 15) is 0 Å². The summed E-state index contributed by atoms with van der Waals surface area (Å²) in [7, 11) is 1.58. The van der Waals surface area contributed by atoms with Crippen molar-refractivity contribution in [3.63, 3.8) is 0 Å². The molecule has 1 aromatic carbocycles. The standard InChI is InChI=1S/C21H19BrClN3O2.Na/c1-21(2,3)12-9-16(28-18(12)22)19-24-15-10-14(11-7-5-6-8-13(11)23)25-20(27-4)17(15)26-19;/h5-10H,1-4H3,(H,24,26);. The van der Waals surface area contributed by atoms with E-state index in [0.29, 0.717) is 38.4 Å². The van der Waals surface area contributed by atoms with E-state index in [0.717, 1.165) is 16.6 Å². The quantitative estimate of drug-likeness (QED) is 0.351. The Morgan fingerprint density at radius 3 is 2.48 bits per heavy atom. The van der Waals surface area contributed by atoms with Crippen LogP contribution in [-0.2, 0) is 5.41 Å². The summed E-state index contributed by atoms with van der Waals surface area (Å²) in [6, 6.07) is 11.4. The summed E-state index contributed by atoms with van der Waals surface area (Å²) in [5, 5.41) is 0.622. The van der Waals surface area contributed by atoms with Gasteiger partial charge in [0.05, 0.1) is 18.3 Å². The molecule has 0 spiro atoms. The second-order valence-electron chi connectivity index (χ2n) is 7.52. The fourth-order valence-electron chi connectivity index (χ4n) is 3.05. The number of fused-ring (bicyclic) bond motifs is 1. The minimum absolute atomic E-state index is 0. The van der Waals surface area contributed by atoms with Crippen molar-refractivity contribution in [1.82, 2.24) is 15.0 Å². The van der Waals surface area contributed by atoms with Gasteiger partial charge in [0.15, 0.2) is 16.3 Å². The van der Waals surface area contributed by atoms with Gasteiger partial charge in [-0.05, 0) is 39.5 Å². The monoisotopic (exact) mass is 482 g/mol. The summed E-state index contributed by atoms with van der Waals surface area (Å²) in [6.45, 7) is 6.40. The normalized spacial score (nSPS) is 11.5. The molecule has 4 rings (SSSR count). The van der Waals surface area contributed by atoms with Crippen LogP contribution in [0.25, 0.3) is 33.9 Å². The van der Waals surface area contributed by atoms with E-state index in [4.69, 9.17) is 25.7 Å². The first-order valence-electron chi connectivity index (χ1n) is 8.78. The Balaban J connectivity index is 0.00000240. The molecule has 8 heteroatoms. The third kappa shape index (κ3) is 4.28. The Morgan fingerprint density at radius 2 is 1.86 bits per heavy atom. The average molecular weight is 484 g/mol. The number of hydrogen-bond donors (Lipinski definition) is 1. The molecule has 4 aromatic rings. The molecule has 5 nitrogen and oxygen atoms in total. The molecule has 0 unspecified atom stereocenters. The minimum Gasteiger partial charge on any atom is -0.479 e. The van der Waals surface area contributed by atoms with Crippen molar-refractivity contribution in [2.24, 2.45) is 0 Å². The molecule has 3 aromatic heterocycles. The maximum Gasteiger partial charge on any atom is 0.240 e. The summed E-state index contributed by atoms with van der Waals surface area (Å²) in [5.41, 5.74) is 3.97. The molecule has 3 heterocycles. The molecule has 1 N–H and O–H groups in total. The molecule has 29 heavy (non-hydrogen) atoms. The van der Waals surface area contributed by atoms with Crippen molar-refractivity contribution >= 4 is 68.1 Å². The number of benzene rings is 1. The van der Waals surface area contributed by atoms with Crippen LogP contribution < -0.4 is 4.74 Å². The third-order valence-corrected chi connectivity index (χ3v) is 5.43. The number of halogens is 2. The maximum atomic E-state index is 6.34. The van der Waals surface area contributed by atoms with Gasteiger partial charge in [-0.1, -0.05) is 50.6 Å². The maximum absolute atomic E-state index is 6.34. The van der Waals surface area contributed by atoms with Gasteiger partial charge in [0.1, 0.15) is 5.52 Å². The molecule has 0 amide bonds. The Bertz CT molecular complexity index is 1180. The van der Waals surface area contributed by atoms with Crippen LogP contribution >= 0.6 is 27.5 Å². The summed E-state index contributed by atoms with van der Waals surface area (Å²) < 4.78 is 12.1. The van der Waals surface area contributed by atoms with Crippen molar-refractivity contribution in [2.45, 2.75) is 26.2 Å². The van der Waals surface area contributed by atoms with Gasteiger partial charge in [-0.3, -0.25) is 0 Å². The van der Waals surface area contributed by atoms with Crippen LogP contribution in [0.3, 0.4) is 0 Å². The van der Waals surface area contributed by atoms with Crippen molar-refractivity contribution in [3.8, 4) is 28.7 Å². The van der Waals surface area contributed by atoms with E-state index in [1.165, 1.54) is 0 Å². The number of nitrogens with one attached hydrogen (secondary N) is 1. The zero-order valence-corrected chi connectivity index (χ0v) is 21.3. The Morgan fingerprint density at radius 1 is 1.14 bits per heavy atom. The van der Waals surface area contributed by atoms with E-state index in [1.54, 1.807) is 7.11 Å². The van der Waals surface area contributed by atoms with Crippen LogP contribution in [0.2, 0.25) is 5.02 Å². The van der Waals surface area contributed by atoms with Gasteiger partial charge in [0, 0.05) is 45.7 Å². The number of nitrogens with zero attached hydrogens (tertiary/aromatic N) is 2. The number of aromatic nitrogens is 3. The second-order valence-corrected chi connectivity index (χ2v) is 8.65. The first-order chi connectivity index (χ1) is 13.3. The van der Waals surface area contributed by atoms with Crippen LogP contribution in [0, 0.1) is 0 Å². The van der Waals surface area contributed by atoms with Gasteiger partial charge in [-0.2, -0.15) is 0 Å². The fraction of sp³-hybridized carbons (Fsp3) is 0.238. The predicted molar refractivity (Wildman–Crippen MR) is 121 cm³/mol. The van der Waals surface area contributed by atoms with Crippen LogP contribution in [0.15, 0.2) is 45.5 Å². The molecule has 145 valence electrons. The second kappa shape index (κ2) is 8.44. The zero-order chi connectivity index (χ0) is 20.1. The molecule has 0 aliphatic carbocycles. The minimum atomic E-state index is -0.0525. The first-order valence-corrected chi connectivity index (χ1v) is 9.95. The van der Waals surface area contributed by atoms with E-state index in [-0.39, 0.29) is 35.0 Å². The molecule has 0 fully saturated rings. The van der Waals surface area contributed by atoms with Crippen LogP contribution in [0.4, 0.5) is 0 Å². The molecular weight excluding hydrogens is 465 g/mol. The number of methoxy groups -OCH3 is 1. The average Bonchev–Trinajstić information content (AvgIpc) is 3.24. The van der Waals surface area contributed by atoms with Crippen molar-refractivity contribution in [3.05, 3.63) is 51.7 Å². The third-order valence-electron chi connectivity index (χ3n) is 4.51. The number of aromatic amines is 1. The number of pyridine rings is 1. The van der Waals surface area contributed by atoms with Gasteiger partial charge in [-0.15, -0.1) is 0 Å². The van der Waals surface area contributed by atoms with Gasteiger partial charge < -0.3 is 14.1 Å². The molecule has 0 saturated heterocycles. The Hall–Kier alpha value is -1.31. The topological polar surface area (TPSA) is 63.9 Å². The molecule has 0 atom stereocenters. The smallest absolute Gasteiger partial charge is 0.240 e. The summed E-state index contributed by atoms with van der Waals surface area (Å²) >= 11 is 9.85. The van der Waals surface area contributed by atoms with E-state index in [1.807, 2.05) is 36.4 Å². The Labute approximate surface area is 204 Å². The molecule has 0 bridgehead atoms. The molecule has 1 radical (unpaired) electrons. The van der Waals surface area contributed by atoms with Crippen molar-refractivity contribution in [1.29, 1.82) is 0 Å². The van der Waals surface area contributed by atoms with E-state index < -0.39 is 0 Å². The van der Waals surface area contributed by atoms with Gasteiger partial charge in [0.25, 0.3) is 0 Å². The number of hydrogen-bond acceptors (Lipinski definition) is 4. The van der Waals surface area contributed by atoms with Crippen molar-refractivity contribution in [2.75, 3.05) is 7.11 Å². The number of H-pyrrole nitrogens is 1. The molecule has 0 saturated carbocycles. The number of ether oxygens (including phenoxy) is 1. The Kier molecular flexibility index (Phi) is 6.51. The summed E-state index contributed by atoms with van der Waals surface area (Å²) in [6.07, 6.45) is 0. The number of imidazole rings is 1. The van der Waals surface area contributed by atoms with Gasteiger partial charge in [0.2, 0.25) is 5.88 Å². The number of rotatable bonds is 3. The molecule has 0 aliphatic heterocycles. The first kappa shape index (κ1) is 22.4. The van der Waals surface area contributed by atoms with Crippen molar-refractivity contribution < 1.29 is 9.15 Å². The van der Waals surface area contributed by atoms with Gasteiger partial charge in [-0.25, -0.2) is 9.97 Å². The van der Waals surface area contributed by atoms with E-state index in [2.05, 4.69) is 46.7 Å². The van der Waals surface area contributed by atoms with Crippen LogP contribution in [0.1, 0.15) is 26.3 Å². The number of furan rings is 1. The zero-order valence-electron chi connectivity index (χ0n) is 16.9. The molecule has 0 aliphatic rings. The largest absolute Gasteiger partial charge is 0.479 e. The summed E-state index contributed by atoms with van der Waals surface area (Å²) in [4.78, 5) is 12.6. The van der Waals surface area contributed by atoms with E-state index >= 15 is 0 Å².